The van der Waals surface area contributed by atoms with Gasteiger partial charge in [0.1, 0.15) is 5.82 Å². The first-order valence-corrected chi connectivity index (χ1v) is 3.67. The van der Waals surface area contributed by atoms with E-state index in [1.54, 1.807) is 6.07 Å². The average molecular weight is 168 g/mol. The number of halogens is 1. The van der Waals surface area contributed by atoms with Crippen molar-refractivity contribution in [2.24, 2.45) is 0 Å². The SMILES string of the molecule is CCc1ccc(F)c(C(=O)O)c1. The number of carboxylic acid groups (broad SMARTS) is 1. The second-order valence-corrected chi connectivity index (χ2v) is 2.47. The van der Waals surface area contributed by atoms with Crippen molar-refractivity contribution in [3.63, 3.8) is 0 Å². The van der Waals surface area contributed by atoms with Crippen molar-refractivity contribution in [1.82, 2.24) is 0 Å². The van der Waals surface area contributed by atoms with Gasteiger partial charge in [-0.05, 0) is 24.1 Å². The van der Waals surface area contributed by atoms with Gasteiger partial charge in [-0.3, -0.25) is 0 Å². The summed E-state index contributed by atoms with van der Waals surface area (Å²) in [5.74, 6) is -1.90. The topological polar surface area (TPSA) is 37.3 Å². The highest BCUT2D eigenvalue weighted by molar-refractivity contribution is 5.88. The summed E-state index contributed by atoms with van der Waals surface area (Å²) in [7, 11) is 0. The summed E-state index contributed by atoms with van der Waals surface area (Å²) in [5.41, 5.74) is 0.572. The fourth-order valence-electron chi connectivity index (χ4n) is 0.956. The van der Waals surface area contributed by atoms with E-state index in [4.69, 9.17) is 5.11 Å². The van der Waals surface area contributed by atoms with Crippen LogP contribution in [0.3, 0.4) is 0 Å². The van der Waals surface area contributed by atoms with Crippen molar-refractivity contribution in [2.45, 2.75) is 13.3 Å². The van der Waals surface area contributed by atoms with Gasteiger partial charge in [0.05, 0.1) is 5.56 Å². The van der Waals surface area contributed by atoms with Crippen molar-refractivity contribution in [2.75, 3.05) is 0 Å². The highest BCUT2D eigenvalue weighted by atomic mass is 19.1. The van der Waals surface area contributed by atoms with Crippen LogP contribution in [0.15, 0.2) is 18.2 Å². The Kier molecular flexibility index (Phi) is 2.43. The van der Waals surface area contributed by atoms with Crippen molar-refractivity contribution < 1.29 is 14.3 Å². The van der Waals surface area contributed by atoms with E-state index in [1.807, 2.05) is 6.92 Å². The second kappa shape index (κ2) is 3.34. The van der Waals surface area contributed by atoms with E-state index in [2.05, 4.69) is 0 Å². The maximum atomic E-state index is 12.8. The van der Waals surface area contributed by atoms with Gasteiger partial charge in [0.25, 0.3) is 0 Å². The van der Waals surface area contributed by atoms with Crippen LogP contribution in [-0.2, 0) is 6.42 Å². The van der Waals surface area contributed by atoms with Crippen molar-refractivity contribution in [3.8, 4) is 0 Å². The molecule has 0 amide bonds. The van der Waals surface area contributed by atoms with E-state index < -0.39 is 11.8 Å². The Morgan fingerprint density at radius 3 is 2.75 bits per heavy atom. The van der Waals surface area contributed by atoms with E-state index in [-0.39, 0.29) is 5.56 Å². The Balaban J connectivity index is 3.17. The quantitative estimate of drug-likeness (QED) is 0.734. The molecule has 3 heteroatoms. The monoisotopic (exact) mass is 168 g/mol. The summed E-state index contributed by atoms with van der Waals surface area (Å²) < 4.78 is 12.8. The Bertz CT molecular complexity index is 307. The van der Waals surface area contributed by atoms with E-state index in [0.29, 0.717) is 6.42 Å². The zero-order chi connectivity index (χ0) is 9.14. The van der Waals surface area contributed by atoms with Gasteiger partial charge in [-0.1, -0.05) is 13.0 Å². The van der Waals surface area contributed by atoms with Crippen LogP contribution in [-0.4, -0.2) is 11.1 Å². The first-order chi connectivity index (χ1) is 5.65. The predicted molar refractivity (Wildman–Crippen MR) is 42.7 cm³/mol. The van der Waals surface area contributed by atoms with Crippen LogP contribution in [0, 0.1) is 5.82 Å². The number of aromatic carboxylic acids is 1. The molecule has 0 aliphatic rings. The minimum atomic E-state index is -1.22. The maximum absolute atomic E-state index is 12.8. The molecule has 0 unspecified atom stereocenters. The number of carbonyl (C=O) groups is 1. The Labute approximate surface area is 69.6 Å². The molecule has 1 aromatic carbocycles. The molecule has 0 saturated carbocycles. The molecule has 0 atom stereocenters. The molecule has 0 bridgehead atoms. The van der Waals surface area contributed by atoms with Gasteiger partial charge in [0.2, 0.25) is 0 Å². The molecule has 0 aromatic heterocycles. The van der Waals surface area contributed by atoms with Gasteiger partial charge >= 0.3 is 5.97 Å². The van der Waals surface area contributed by atoms with Crippen LogP contribution >= 0.6 is 0 Å². The summed E-state index contributed by atoms with van der Waals surface area (Å²) in [6, 6.07) is 4.13. The number of hydrogen-bond donors (Lipinski definition) is 1. The molecule has 0 spiro atoms. The molecule has 64 valence electrons. The van der Waals surface area contributed by atoms with Crippen LogP contribution in [0.5, 0.6) is 0 Å². The first kappa shape index (κ1) is 8.71. The third-order valence-corrected chi connectivity index (χ3v) is 1.67. The van der Waals surface area contributed by atoms with E-state index in [0.717, 1.165) is 5.56 Å². The summed E-state index contributed by atoms with van der Waals surface area (Å²) in [5, 5.41) is 8.55. The summed E-state index contributed by atoms with van der Waals surface area (Å²) in [4.78, 5) is 10.4. The van der Waals surface area contributed by atoms with E-state index >= 15 is 0 Å². The number of carboxylic acids is 1. The molecule has 0 radical (unpaired) electrons. The Morgan fingerprint density at radius 1 is 1.58 bits per heavy atom. The second-order valence-electron chi connectivity index (χ2n) is 2.47. The van der Waals surface area contributed by atoms with Gasteiger partial charge in [-0.15, -0.1) is 0 Å². The third-order valence-electron chi connectivity index (χ3n) is 1.67. The Hall–Kier alpha value is -1.38. The maximum Gasteiger partial charge on any atom is 0.338 e. The van der Waals surface area contributed by atoms with Gasteiger partial charge in [-0.2, -0.15) is 0 Å². The van der Waals surface area contributed by atoms with Crippen LogP contribution in [0.25, 0.3) is 0 Å². The number of hydrogen-bond acceptors (Lipinski definition) is 1. The van der Waals surface area contributed by atoms with Crippen molar-refractivity contribution in [3.05, 3.63) is 35.1 Å². The lowest BCUT2D eigenvalue weighted by atomic mass is 10.1. The van der Waals surface area contributed by atoms with Crippen LogP contribution < -0.4 is 0 Å². The molecule has 2 nitrogen and oxygen atoms in total. The van der Waals surface area contributed by atoms with E-state index in [9.17, 15) is 9.18 Å². The molecule has 1 rings (SSSR count). The minimum Gasteiger partial charge on any atom is -0.478 e. The molecular weight excluding hydrogens is 159 g/mol. The largest absolute Gasteiger partial charge is 0.478 e. The van der Waals surface area contributed by atoms with Crippen molar-refractivity contribution in [1.29, 1.82) is 0 Å². The van der Waals surface area contributed by atoms with Gasteiger partial charge in [0.15, 0.2) is 0 Å². The number of rotatable bonds is 2. The first-order valence-electron chi connectivity index (χ1n) is 3.67. The zero-order valence-corrected chi connectivity index (χ0v) is 6.67. The smallest absolute Gasteiger partial charge is 0.338 e. The van der Waals surface area contributed by atoms with Gasteiger partial charge in [0, 0.05) is 0 Å². The minimum absolute atomic E-state index is 0.255. The summed E-state index contributed by atoms with van der Waals surface area (Å²) >= 11 is 0. The molecule has 12 heavy (non-hydrogen) atoms. The summed E-state index contributed by atoms with van der Waals surface area (Å²) in [6.07, 6.45) is 0.709. The fourth-order valence-corrected chi connectivity index (χ4v) is 0.956. The molecule has 0 fully saturated rings. The molecule has 1 aromatic rings. The lowest BCUT2D eigenvalue weighted by molar-refractivity contribution is 0.0692. The normalized spacial score (nSPS) is 9.83. The van der Waals surface area contributed by atoms with Crippen LogP contribution in [0.2, 0.25) is 0 Å². The van der Waals surface area contributed by atoms with Gasteiger partial charge in [-0.25, -0.2) is 9.18 Å². The van der Waals surface area contributed by atoms with Crippen LogP contribution in [0.1, 0.15) is 22.8 Å². The number of benzene rings is 1. The van der Waals surface area contributed by atoms with Crippen molar-refractivity contribution >= 4 is 5.97 Å². The van der Waals surface area contributed by atoms with E-state index in [1.165, 1.54) is 12.1 Å². The zero-order valence-electron chi connectivity index (χ0n) is 6.67. The predicted octanol–water partition coefficient (Wildman–Crippen LogP) is 2.09. The average Bonchev–Trinajstić information content (AvgIpc) is 2.05. The molecular formula is C9H9FO2. The number of aryl methyl sites for hydroxylation is 1. The molecule has 1 N–H and O–H groups in total. The lowest BCUT2D eigenvalue weighted by Gasteiger charge is -1.99. The van der Waals surface area contributed by atoms with Crippen LogP contribution in [0.4, 0.5) is 4.39 Å². The fraction of sp³-hybridized carbons (Fsp3) is 0.222. The molecule has 0 aliphatic heterocycles. The highest BCUT2D eigenvalue weighted by Crippen LogP contribution is 2.10. The third kappa shape index (κ3) is 1.61. The standard InChI is InChI=1S/C9H9FO2/c1-2-6-3-4-8(10)7(5-6)9(11)12/h3-5H,2H2,1H3,(H,11,12). The molecule has 0 saturated heterocycles. The highest BCUT2D eigenvalue weighted by Gasteiger charge is 2.09. The Morgan fingerprint density at radius 2 is 2.25 bits per heavy atom. The summed E-state index contributed by atoms with van der Waals surface area (Å²) in [6.45, 7) is 1.89. The lowest BCUT2D eigenvalue weighted by Crippen LogP contribution is -2.01. The molecule has 0 heterocycles. The molecule has 0 aliphatic carbocycles. The van der Waals surface area contributed by atoms with Gasteiger partial charge < -0.3 is 5.11 Å².